The minimum atomic E-state index is -0.0240. The van der Waals surface area contributed by atoms with Crippen molar-refractivity contribution in [1.29, 1.82) is 0 Å². The summed E-state index contributed by atoms with van der Waals surface area (Å²) in [5.74, 6) is -0.00974. The van der Waals surface area contributed by atoms with Crippen LogP contribution < -0.4 is 5.32 Å². The summed E-state index contributed by atoms with van der Waals surface area (Å²) in [6.45, 7) is 7.42. The van der Waals surface area contributed by atoms with Crippen molar-refractivity contribution < 1.29 is 9.59 Å². The zero-order chi connectivity index (χ0) is 20.6. The molecule has 29 heavy (non-hydrogen) atoms. The fraction of sp³-hybridized carbons (Fsp3) is 0.409. The lowest BCUT2D eigenvalue weighted by molar-refractivity contribution is -0.118. The van der Waals surface area contributed by atoms with Gasteiger partial charge >= 0.3 is 0 Å². The van der Waals surface area contributed by atoms with Crippen molar-refractivity contribution in [2.75, 3.05) is 11.9 Å². The van der Waals surface area contributed by atoms with E-state index < -0.39 is 0 Å². The summed E-state index contributed by atoms with van der Waals surface area (Å²) < 4.78 is 0. The van der Waals surface area contributed by atoms with Crippen molar-refractivity contribution in [3.05, 3.63) is 46.6 Å². The zero-order valence-electron chi connectivity index (χ0n) is 17.0. The van der Waals surface area contributed by atoms with Gasteiger partial charge in [0.25, 0.3) is 5.91 Å². The van der Waals surface area contributed by atoms with E-state index in [-0.39, 0.29) is 17.2 Å². The fourth-order valence-electron chi connectivity index (χ4n) is 3.50. The van der Waals surface area contributed by atoms with Crippen LogP contribution in [0.25, 0.3) is 10.9 Å². The maximum atomic E-state index is 13.0. The lowest BCUT2D eigenvalue weighted by Crippen LogP contribution is -2.35. The van der Waals surface area contributed by atoms with Gasteiger partial charge in [-0.05, 0) is 17.5 Å². The molecule has 1 aliphatic heterocycles. The van der Waals surface area contributed by atoms with Gasteiger partial charge in [0, 0.05) is 35.2 Å². The number of hydrogen-bond donors (Lipinski definition) is 2. The van der Waals surface area contributed by atoms with E-state index in [1.165, 1.54) is 11.3 Å². The second-order valence-electron chi connectivity index (χ2n) is 8.38. The number of rotatable bonds is 5. The molecule has 0 atom stereocenters. The summed E-state index contributed by atoms with van der Waals surface area (Å²) in [6, 6.07) is 9.79. The average molecular weight is 411 g/mol. The number of hydrogen-bond acceptors (Lipinski definition) is 4. The Hall–Kier alpha value is -2.67. The molecule has 0 bridgehead atoms. The second-order valence-corrected chi connectivity index (χ2v) is 9.46. The van der Waals surface area contributed by atoms with Crippen LogP contribution in [-0.4, -0.2) is 33.2 Å². The highest BCUT2D eigenvalue weighted by Gasteiger charge is 2.27. The van der Waals surface area contributed by atoms with Crippen LogP contribution in [0.2, 0.25) is 0 Å². The van der Waals surface area contributed by atoms with Crippen LogP contribution in [0.1, 0.15) is 54.7 Å². The average Bonchev–Trinajstić information content (AvgIpc) is 3.29. The lowest BCUT2D eigenvalue weighted by Gasteiger charge is -2.25. The number of carbonyl (C=O) groups is 2. The highest BCUT2D eigenvalue weighted by molar-refractivity contribution is 7.15. The van der Waals surface area contributed by atoms with Gasteiger partial charge in [-0.25, -0.2) is 4.98 Å². The number of aromatic nitrogens is 2. The number of para-hydroxylation sites is 1. The van der Waals surface area contributed by atoms with Gasteiger partial charge in [-0.2, -0.15) is 0 Å². The molecule has 0 saturated carbocycles. The molecule has 2 aromatic heterocycles. The van der Waals surface area contributed by atoms with Crippen molar-refractivity contribution in [3.63, 3.8) is 0 Å². The largest absolute Gasteiger partial charge is 0.351 e. The minimum Gasteiger partial charge on any atom is -0.351 e. The first kappa shape index (κ1) is 19.6. The number of nitrogens with zero attached hydrogens (tertiary/aromatic N) is 2. The molecule has 4 rings (SSSR count). The van der Waals surface area contributed by atoms with Gasteiger partial charge < -0.3 is 15.2 Å². The van der Waals surface area contributed by atoms with Crippen molar-refractivity contribution in [2.45, 2.75) is 46.6 Å². The van der Waals surface area contributed by atoms with Crippen molar-refractivity contribution in [1.82, 2.24) is 14.9 Å². The number of amides is 2. The minimum absolute atomic E-state index is 0.00414. The Morgan fingerprint density at radius 2 is 2.10 bits per heavy atom. The van der Waals surface area contributed by atoms with E-state index in [4.69, 9.17) is 0 Å². The molecule has 152 valence electrons. The van der Waals surface area contributed by atoms with E-state index >= 15 is 0 Å². The smallest absolute Gasteiger partial charge is 0.270 e. The van der Waals surface area contributed by atoms with Gasteiger partial charge in [-0.1, -0.05) is 56.7 Å². The number of anilines is 1. The SMILES string of the molecule is CCC(C)(C)CC(=O)Nc1nc2c(s1)CN(C(=O)c1cc3ccccc3[nH]1)CC2. The van der Waals surface area contributed by atoms with Crippen molar-refractivity contribution >= 4 is 39.2 Å². The molecule has 0 aliphatic carbocycles. The van der Waals surface area contributed by atoms with Gasteiger partial charge in [0.2, 0.25) is 5.91 Å². The Labute approximate surface area is 174 Å². The summed E-state index contributed by atoms with van der Waals surface area (Å²) in [4.78, 5) is 36.0. The standard InChI is InChI=1S/C22H26N4O2S/c1-4-22(2,3)12-19(27)25-21-24-16-9-10-26(13-18(16)29-21)20(28)17-11-14-7-5-6-8-15(14)23-17/h5-8,11,23H,4,9-10,12-13H2,1-3H3,(H,24,25,27). The van der Waals surface area contributed by atoms with E-state index in [1.54, 1.807) is 0 Å². The monoisotopic (exact) mass is 410 g/mol. The quantitative estimate of drug-likeness (QED) is 0.646. The third-order valence-electron chi connectivity index (χ3n) is 5.62. The number of aromatic amines is 1. The predicted octanol–water partition coefficient (Wildman–Crippen LogP) is 4.59. The number of fused-ring (bicyclic) bond motifs is 2. The van der Waals surface area contributed by atoms with Crippen LogP contribution in [0.15, 0.2) is 30.3 Å². The number of H-pyrrole nitrogens is 1. The second kappa shape index (κ2) is 7.63. The molecule has 1 aliphatic rings. The van der Waals surface area contributed by atoms with E-state index in [1.807, 2.05) is 35.2 Å². The normalized spacial score (nSPS) is 14.1. The summed E-state index contributed by atoms with van der Waals surface area (Å²) in [5.41, 5.74) is 2.53. The summed E-state index contributed by atoms with van der Waals surface area (Å²) in [7, 11) is 0. The van der Waals surface area contributed by atoms with E-state index in [9.17, 15) is 9.59 Å². The molecule has 0 radical (unpaired) electrons. The van der Waals surface area contributed by atoms with Gasteiger partial charge in [-0.15, -0.1) is 0 Å². The summed E-state index contributed by atoms with van der Waals surface area (Å²) in [6.07, 6.45) is 2.12. The first-order valence-corrected chi connectivity index (χ1v) is 10.8. The Morgan fingerprint density at radius 3 is 2.86 bits per heavy atom. The molecule has 6 nitrogen and oxygen atoms in total. The molecular weight excluding hydrogens is 384 g/mol. The third kappa shape index (κ3) is 4.19. The third-order valence-corrected chi connectivity index (χ3v) is 6.62. The van der Waals surface area contributed by atoms with Crippen LogP contribution >= 0.6 is 11.3 Å². The van der Waals surface area contributed by atoms with Crippen molar-refractivity contribution in [2.24, 2.45) is 5.41 Å². The van der Waals surface area contributed by atoms with E-state index in [0.29, 0.717) is 36.8 Å². The highest BCUT2D eigenvalue weighted by atomic mass is 32.1. The Kier molecular flexibility index (Phi) is 5.17. The van der Waals surface area contributed by atoms with E-state index in [2.05, 4.69) is 36.1 Å². The molecule has 2 N–H and O–H groups in total. The Morgan fingerprint density at radius 1 is 1.31 bits per heavy atom. The lowest BCUT2D eigenvalue weighted by atomic mass is 9.86. The number of thiazole rings is 1. The first-order valence-electron chi connectivity index (χ1n) is 10.00. The van der Waals surface area contributed by atoms with Crippen LogP contribution in [0.4, 0.5) is 5.13 Å². The van der Waals surface area contributed by atoms with Gasteiger partial charge in [0.05, 0.1) is 12.2 Å². The molecular formula is C22H26N4O2S. The molecule has 1 aromatic carbocycles. The molecule has 0 spiro atoms. The number of benzene rings is 1. The van der Waals surface area contributed by atoms with Crippen molar-refractivity contribution in [3.8, 4) is 0 Å². The zero-order valence-corrected chi connectivity index (χ0v) is 17.9. The highest BCUT2D eigenvalue weighted by Crippen LogP contribution is 2.30. The Bertz CT molecular complexity index is 1030. The maximum absolute atomic E-state index is 13.0. The number of nitrogens with one attached hydrogen (secondary N) is 2. The van der Waals surface area contributed by atoms with Crippen LogP contribution in [-0.2, 0) is 17.8 Å². The molecule has 2 amide bonds. The number of carbonyl (C=O) groups excluding carboxylic acids is 2. The molecule has 0 saturated heterocycles. The topological polar surface area (TPSA) is 78.1 Å². The Balaban J connectivity index is 1.44. The van der Waals surface area contributed by atoms with Crippen LogP contribution in [0.5, 0.6) is 0 Å². The predicted molar refractivity (Wildman–Crippen MR) is 116 cm³/mol. The fourth-order valence-corrected chi connectivity index (χ4v) is 4.54. The van der Waals surface area contributed by atoms with Gasteiger partial charge in [0.1, 0.15) is 5.69 Å². The van der Waals surface area contributed by atoms with Gasteiger partial charge in [0.15, 0.2) is 5.13 Å². The summed E-state index contributed by atoms with van der Waals surface area (Å²) >= 11 is 1.47. The molecule has 3 heterocycles. The van der Waals surface area contributed by atoms with Crippen LogP contribution in [0, 0.1) is 5.41 Å². The summed E-state index contributed by atoms with van der Waals surface area (Å²) in [5, 5.41) is 4.61. The molecule has 0 unspecified atom stereocenters. The molecule has 7 heteroatoms. The van der Waals surface area contributed by atoms with Crippen LogP contribution in [0.3, 0.4) is 0 Å². The first-order chi connectivity index (χ1) is 13.8. The molecule has 3 aromatic rings. The molecule has 0 fully saturated rings. The maximum Gasteiger partial charge on any atom is 0.270 e. The van der Waals surface area contributed by atoms with E-state index in [0.717, 1.165) is 27.9 Å². The van der Waals surface area contributed by atoms with Gasteiger partial charge in [-0.3, -0.25) is 9.59 Å².